The maximum absolute atomic E-state index is 12.9. The molecule has 0 saturated heterocycles. The molecule has 0 fully saturated rings. The summed E-state index contributed by atoms with van der Waals surface area (Å²) in [6, 6.07) is 15.9. The van der Waals surface area contributed by atoms with Crippen LogP contribution in [0.3, 0.4) is 0 Å². The van der Waals surface area contributed by atoms with Gasteiger partial charge in [-0.1, -0.05) is 31.5 Å². The summed E-state index contributed by atoms with van der Waals surface area (Å²) < 4.78 is 1.07. The Kier molecular flexibility index (Phi) is 4.15. The molecule has 1 aliphatic rings. The van der Waals surface area contributed by atoms with Crippen molar-refractivity contribution in [2.24, 2.45) is 5.92 Å². The molecule has 3 heteroatoms. The molecule has 4 rings (SSSR count). The molecule has 0 spiro atoms. The van der Waals surface area contributed by atoms with Crippen LogP contribution in [-0.4, -0.2) is 0 Å². The van der Waals surface area contributed by atoms with Gasteiger partial charge in [0.15, 0.2) is 5.43 Å². The van der Waals surface area contributed by atoms with Crippen molar-refractivity contribution in [3.05, 3.63) is 68.7 Å². The van der Waals surface area contributed by atoms with E-state index in [1.54, 1.807) is 11.3 Å². The summed E-state index contributed by atoms with van der Waals surface area (Å²) in [5.74, 6) is 0.710. The number of rotatable bonds is 2. The van der Waals surface area contributed by atoms with Gasteiger partial charge in [0, 0.05) is 20.5 Å². The smallest absolute Gasteiger partial charge is 0.191 e. The lowest BCUT2D eigenvalue weighted by atomic mass is 9.86. The second-order valence-electron chi connectivity index (χ2n) is 6.75. The molecule has 1 aromatic heterocycles. The number of nitriles is 1. The Balaban J connectivity index is 1.82. The minimum absolute atomic E-state index is 0.227. The zero-order valence-corrected chi connectivity index (χ0v) is 15.0. The van der Waals surface area contributed by atoms with Gasteiger partial charge in [-0.3, -0.25) is 4.79 Å². The van der Waals surface area contributed by atoms with E-state index in [1.807, 2.05) is 36.4 Å². The Morgan fingerprint density at radius 1 is 1.16 bits per heavy atom. The number of fused-ring (bicyclic) bond motifs is 2. The zero-order chi connectivity index (χ0) is 17.4. The van der Waals surface area contributed by atoms with Crippen molar-refractivity contribution in [2.45, 2.75) is 32.6 Å². The van der Waals surface area contributed by atoms with Crippen molar-refractivity contribution < 1.29 is 0 Å². The van der Waals surface area contributed by atoms with Crippen LogP contribution in [0.1, 0.15) is 35.8 Å². The van der Waals surface area contributed by atoms with Crippen LogP contribution >= 0.6 is 11.3 Å². The lowest BCUT2D eigenvalue weighted by Gasteiger charge is -2.22. The quantitative estimate of drug-likeness (QED) is 0.631. The summed E-state index contributed by atoms with van der Waals surface area (Å²) >= 11 is 1.79. The van der Waals surface area contributed by atoms with Crippen LogP contribution in [0.5, 0.6) is 0 Å². The maximum Gasteiger partial charge on any atom is 0.191 e. The van der Waals surface area contributed by atoms with E-state index in [9.17, 15) is 4.79 Å². The van der Waals surface area contributed by atoms with Crippen molar-refractivity contribution >= 4 is 21.4 Å². The lowest BCUT2D eigenvalue weighted by Crippen LogP contribution is -2.20. The van der Waals surface area contributed by atoms with E-state index in [1.165, 1.54) is 11.3 Å². The fraction of sp³-hybridized carbons (Fsp3) is 0.273. The predicted molar refractivity (Wildman–Crippen MR) is 104 cm³/mol. The summed E-state index contributed by atoms with van der Waals surface area (Å²) in [6.07, 6.45) is 4.29. The van der Waals surface area contributed by atoms with Crippen LogP contribution < -0.4 is 5.43 Å². The van der Waals surface area contributed by atoms with Crippen molar-refractivity contribution in [1.29, 1.82) is 5.26 Å². The van der Waals surface area contributed by atoms with E-state index in [-0.39, 0.29) is 5.43 Å². The van der Waals surface area contributed by atoms with E-state index in [4.69, 9.17) is 5.26 Å². The Labute approximate surface area is 151 Å². The summed E-state index contributed by atoms with van der Waals surface area (Å²) in [6.45, 7) is 2.24. The molecular weight excluding hydrogens is 326 g/mol. The highest BCUT2D eigenvalue weighted by molar-refractivity contribution is 7.18. The van der Waals surface area contributed by atoms with Gasteiger partial charge in [0.1, 0.15) is 0 Å². The average Bonchev–Trinajstić information content (AvgIpc) is 2.67. The number of hydrogen-bond acceptors (Lipinski definition) is 3. The largest absolute Gasteiger partial charge is 0.289 e. The summed E-state index contributed by atoms with van der Waals surface area (Å²) in [5, 5.41) is 9.79. The third-order valence-corrected chi connectivity index (χ3v) is 6.49. The maximum atomic E-state index is 12.9. The third-order valence-electron chi connectivity index (χ3n) is 5.27. The van der Waals surface area contributed by atoms with E-state index in [0.717, 1.165) is 46.0 Å². The van der Waals surface area contributed by atoms with Gasteiger partial charge in [-0.05, 0) is 60.6 Å². The zero-order valence-electron chi connectivity index (χ0n) is 14.2. The first-order chi connectivity index (χ1) is 12.2. The molecule has 1 heterocycles. The number of nitrogens with zero attached hydrogens (tertiary/aromatic N) is 1. The topological polar surface area (TPSA) is 40.9 Å². The minimum Gasteiger partial charge on any atom is -0.289 e. The highest BCUT2D eigenvalue weighted by Crippen LogP contribution is 2.33. The lowest BCUT2D eigenvalue weighted by molar-refractivity contribution is 0.448. The van der Waals surface area contributed by atoms with Crippen LogP contribution in [0.4, 0.5) is 0 Å². The third kappa shape index (κ3) is 2.88. The van der Waals surface area contributed by atoms with Gasteiger partial charge in [-0.15, -0.1) is 11.3 Å². The van der Waals surface area contributed by atoms with E-state index < -0.39 is 0 Å². The molecule has 0 N–H and O–H groups in total. The molecule has 0 aliphatic heterocycles. The SMILES string of the molecule is CCC1CCc2c(sc3cc(-c4ccc(C#N)cc4)ccc3c2=O)C1. The Bertz CT molecular complexity index is 1040. The normalized spacial score (nSPS) is 16.4. The molecule has 0 bridgehead atoms. The number of hydrogen-bond donors (Lipinski definition) is 0. The first-order valence-corrected chi connectivity index (χ1v) is 9.60. The van der Waals surface area contributed by atoms with E-state index in [0.29, 0.717) is 11.5 Å². The Morgan fingerprint density at radius 3 is 2.64 bits per heavy atom. The highest BCUT2D eigenvalue weighted by atomic mass is 32.1. The first-order valence-electron chi connectivity index (χ1n) is 8.78. The first kappa shape index (κ1) is 16.1. The molecule has 0 saturated carbocycles. The standard InChI is InChI=1S/C22H19NOS/c1-2-14-5-9-18-20(11-14)25-21-12-17(8-10-19(21)22(18)24)16-6-3-15(13-23)4-7-16/h3-4,6-8,10,12,14H,2,5,9,11H2,1H3. The predicted octanol–water partition coefficient (Wildman–Crippen LogP) is 5.32. The van der Waals surface area contributed by atoms with Crippen LogP contribution in [0.2, 0.25) is 0 Å². The number of benzene rings is 2. The summed E-state index contributed by atoms with van der Waals surface area (Å²) in [5.41, 5.74) is 4.10. The monoisotopic (exact) mass is 345 g/mol. The van der Waals surface area contributed by atoms with Gasteiger partial charge in [0.2, 0.25) is 0 Å². The molecule has 0 radical (unpaired) electrons. The van der Waals surface area contributed by atoms with Crippen molar-refractivity contribution in [2.75, 3.05) is 0 Å². The molecular formula is C22H19NOS. The van der Waals surface area contributed by atoms with Gasteiger partial charge in [-0.25, -0.2) is 0 Å². The Morgan fingerprint density at radius 2 is 1.92 bits per heavy atom. The average molecular weight is 345 g/mol. The van der Waals surface area contributed by atoms with Gasteiger partial charge < -0.3 is 0 Å². The van der Waals surface area contributed by atoms with Crippen LogP contribution in [0.15, 0.2) is 47.3 Å². The van der Waals surface area contributed by atoms with Gasteiger partial charge in [0.05, 0.1) is 11.6 Å². The summed E-state index contributed by atoms with van der Waals surface area (Å²) in [4.78, 5) is 14.2. The fourth-order valence-corrected chi connectivity index (χ4v) is 5.03. The van der Waals surface area contributed by atoms with E-state index >= 15 is 0 Å². The van der Waals surface area contributed by atoms with Gasteiger partial charge in [-0.2, -0.15) is 5.26 Å². The molecule has 2 nitrogen and oxygen atoms in total. The molecule has 124 valence electrons. The molecule has 0 amide bonds. The van der Waals surface area contributed by atoms with Gasteiger partial charge in [0.25, 0.3) is 0 Å². The van der Waals surface area contributed by atoms with Crippen LogP contribution in [0, 0.1) is 17.2 Å². The molecule has 3 aromatic rings. The van der Waals surface area contributed by atoms with E-state index in [2.05, 4.69) is 19.1 Å². The van der Waals surface area contributed by atoms with Crippen molar-refractivity contribution in [3.8, 4) is 17.2 Å². The van der Waals surface area contributed by atoms with Crippen molar-refractivity contribution in [3.63, 3.8) is 0 Å². The molecule has 1 atom stereocenters. The molecule has 25 heavy (non-hydrogen) atoms. The van der Waals surface area contributed by atoms with Crippen molar-refractivity contribution in [1.82, 2.24) is 0 Å². The van der Waals surface area contributed by atoms with Gasteiger partial charge >= 0.3 is 0 Å². The fourth-order valence-electron chi connectivity index (χ4n) is 3.67. The second-order valence-corrected chi connectivity index (χ2v) is 7.89. The molecule has 1 aliphatic carbocycles. The second kappa shape index (κ2) is 6.46. The van der Waals surface area contributed by atoms with Crippen LogP contribution in [0.25, 0.3) is 21.2 Å². The highest BCUT2D eigenvalue weighted by Gasteiger charge is 2.21. The minimum atomic E-state index is 0.227. The molecule has 1 unspecified atom stereocenters. The van der Waals surface area contributed by atoms with Crippen LogP contribution in [-0.2, 0) is 12.8 Å². The summed E-state index contributed by atoms with van der Waals surface area (Å²) in [7, 11) is 0. The molecule has 2 aromatic carbocycles. The Hall–Kier alpha value is -2.44.